The number of hydrogen-bond acceptors (Lipinski definition) is 4. The van der Waals surface area contributed by atoms with Crippen LogP contribution in [-0.4, -0.2) is 25.1 Å². The number of nitrogens with zero attached hydrogens (tertiary/aromatic N) is 6. The zero-order valence-corrected chi connectivity index (χ0v) is 7.74. The molecule has 2 rings (SSSR count). The molecule has 0 bridgehead atoms. The predicted molar refractivity (Wildman–Crippen MR) is 44.5 cm³/mol. The van der Waals surface area contributed by atoms with Gasteiger partial charge in [0.25, 0.3) is 0 Å². The zero-order chi connectivity index (χ0) is 9.26. The Hall–Kier alpha value is -1.14. The van der Waals surface area contributed by atoms with Gasteiger partial charge < -0.3 is 9.67 Å². The third kappa shape index (κ3) is 1.63. The number of imidazole rings is 1. The molecule has 0 N–H and O–H groups in total. The third-order valence-electron chi connectivity index (χ3n) is 1.40. The molecule has 0 aliphatic rings. The molecule has 0 saturated heterocycles. The van der Waals surface area contributed by atoms with Gasteiger partial charge in [-0.15, -0.1) is 0 Å². The SMILES string of the molecule is Clc1ncn(Cc2nnn[n-]2)c1Cl. The van der Waals surface area contributed by atoms with Crippen LogP contribution in [0.15, 0.2) is 6.33 Å². The van der Waals surface area contributed by atoms with E-state index in [0.29, 0.717) is 17.5 Å². The van der Waals surface area contributed by atoms with Gasteiger partial charge in [0.1, 0.15) is 5.15 Å². The van der Waals surface area contributed by atoms with Crippen LogP contribution < -0.4 is 5.10 Å². The summed E-state index contributed by atoms with van der Waals surface area (Å²) in [6.45, 7) is 0.367. The van der Waals surface area contributed by atoms with Crippen LogP contribution in [-0.2, 0) is 6.54 Å². The van der Waals surface area contributed by atoms with Gasteiger partial charge in [-0.2, -0.15) is 5.21 Å². The van der Waals surface area contributed by atoms with Gasteiger partial charge in [0.15, 0.2) is 5.15 Å². The lowest BCUT2D eigenvalue weighted by Gasteiger charge is -2.01. The van der Waals surface area contributed by atoms with Crippen molar-refractivity contribution in [3.05, 3.63) is 22.5 Å². The molecule has 0 radical (unpaired) electrons. The van der Waals surface area contributed by atoms with Crippen molar-refractivity contribution in [1.82, 2.24) is 30.2 Å². The van der Waals surface area contributed by atoms with Gasteiger partial charge in [0.05, 0.1) is 12.9 Å². The Kier molecular flexibility index (Phi) is 2.15. The molecular formula is C5H3Cl2N6-. The van der Waals surface area contributed by atoms with E-state index >= 15 is 0 Å². The molecule has 2 aromatic rings. The van der Waals surface area contributed by atoms with E-state index in [0.717, 1.165) is 0 Å². The Bertz CT molecular complexity index is 393. The van der Waals surface area contributed by atoms with E-state index < -0.39 is 0 Å². The fraction of sp³-hybridized carbons (Fsp3) is 0.200. The summed E-state index contributed by atoms with van der Waals surface area (Å²) in [7, 11) is 0. The van der Waals surface area contributed by atoms with Crippen molar-refractivity contribution < 1.29 is 0 Å². The van der Waals surface area contributed by atoms with Gasteiger partial charge >= 0.3 is 0 Å². The van der Waals surface area contributed by atoms with E-state index in [1.54, 1.807) is 4.57 Å². The van der Waals surface area contributed by atoms with Crippen molar-refractivity contribution in [3.8, 4) is 0 Å². The molecule has 13 heavy (non-hydrogen) atoms. The smallest absolute Gasteiger partial charge is 0.166 e. The van der Waals surface area contributed by atoms with Crippen molar-refractivity contribution >= 4 is 23.2 Å². The molecule has 0 aliphatic carbocycles. The van der Waals surface area contributed by atoms with Crippen LogP contribution in [0.5, 0.6) is 0 Å². The lowest BCUT2D eigenvalue weighted by Crippen LogP contribution is -2.01. The second kappa shape index (κ2) is 3.31. The Balaban J connectivity index is 2.24. The van der Waals surface area contributed by atoms with Crippen LogP contribution in [0.2, 0.25) is 10.3 Å². The van der Waals surface area contributed by atoms with Crippen molar-refractivity contribution in [2.24, 2.45) is 0 Å². The highest BCUT2D eigenvalue weighted by atomic mass is 35.5. The normalized spacial score (nSPS) is 10.6. The number of aromatic nitrogens is 6. The second-order valence-corrected chi connectivity index (χ2v) is 2.97. The molecular weight excluding hydrogens is 215 g/mol. The topological polar surface area (TPSA) is 70.6 Å². The van der Waals surface area contributed by atoms with Gasteiger partial charge in [-0.05, 0) is 0 Å². The molecule has 2 aromatic heterocycles. The van der Waals surface area contributed by atoms with Crippen LogP contribution in [0.4, 0.5) is 0 Å². The van der Waals surface area contributed by atoms with Crippen LogP contribution in [0.3, 0.4) is 0 Å². The first kappa shape index (κ1) is 8.46. The highest BCUT2D eigenvalue weighted by molar-refractivity contribution is 6.40. The fourth-order valence-corrected chi connectivity index (χ4v) is 1.14. The summed E-state index contributed by atoms with van der Waals surface area (Å²) in [6, 6.07) is 0. The second-order valence-electron chi connectivity index (χ2n) is 2.25. The summed E-state index contributed by atoms with van der Waals surface area (Å²) in [6.07, 6.45) is 1.50. The highest BCUT2D eigenvalue weighted by Gasteiger charge is 2.05. The molecule has 0 amide bonds. The average Bonchev–Trinajstić information content (AvgIpc) is 2.71. The van der Waals surface area contributed by atoms with Crippen molar-refractivity contribution in [3.63, 3.8) is 0 Å². The van der Waals surface area contributed by atoms with Crippen molar-refractivity contribution in [2.45, 2.75) is 6.54 Å². The molecule has 0 aromatic carbocycles. The first-order valence-electron chi connectivity index (χ1n) is 3.31. The summed E-state index contributed by atoms with van der Waals surface area (Å²) < 4.78 is 1.60. The molecule has 0 atom stereocenters. The van der Waals surface area contributed by atoms with Crippen LogP contribution in [0.1, 0.15) is 5.82 Å². The summed E-state index contributed by atoms with van der Waals surface area (Å²) in [4.78, 5) is 3.80. The van der Waals surface area contributed by atoms with Gasteiger partial charge in [-0.3, -0.25) is 10.3 Å². The maximum atomic E-state index is 5.80. The number of halogens is 2. The highest BCUT2D eigenvalue weighted by Crippen LogP contribution is 2.19. The summed E-state index contributed by atoms with van der Waals surface area (Å²) in [5, 5.41) is 14.6. The quantitative estimate of drug-likeness (QED) is 0.728. The van der Waals surface area contributed by atoms with Gasteiger partial charge in [-0.25, -0.2) is 4.98 Å². The van der Waals surface area contributed by atoms with Crippen LogP contribution in [0, 0.1) is 0 Å². The first-order valence-corrected chi connectivity index (χ1v) is 4.06. The van der Waals surface area contributed by atoms with Gasteiger partial charge in [0, 0.05) is 5.82 Å². The third-order valence-corrected chi connectivity index (χ3v) is 2.17. The number of hydrogen-bond donors (Lipinski definition) is 0. The molecule has 0 saturated carbocycles. The molecule has 68 valence electrons. The fourth-order valence-electron chi connectivity index (χ4n) is 0.832. The van der Waals surface area contributed by atoms with Crippen molar-refractivity contribution in [2.75, 3.05) is 0 Å². The van der Waals surface area contributed by atoms with E-state index in [1.165, 1.54) is 6.33 Å². The molecule has 0 unspecified atom stereocenters. The Labute approximate surface area is 82.9 Å². The van der Waals surface area contributed by atoms with E-state index in [2.05, 4.69) is 25.6 Å². The lowest BCUT2D eigenvalue weighted by atomic mass is 10.6. The van der Waals surface area contributed by atoms with Gasteiger partial charge in [-0.1, -0.05) is 23.2 Å². The van der Waals surface area contributed by atoms with E-state index in [1.807, 2.05) is 0 Å². The van der Waals surface area contributed by atoms with Crippen molar-refractivity contribution in [1.29, 1.82) is 0 Å². The number of rotatable bonds is 2. The molecule has 0 fully saturated rings. The Morgan fingerprint density at radius 1 is 1.46 bits per heavy atom. The molecule has 8 heteroatoms. The minimum absolute atomic E-state index is 0.258. The zero-order valence-electron chi connectivity index (χ0n) is 6.22. The number of tetrazole rings is 1. The predicted octanol–water partition coefficient (Wildman–Crippen LogP) is 0.380. The minimum Gasteiger partial charge on any atom is -0.334 e. The molecule has 6 nitrogen and oxygen atoms in total. The monoisotopic (exact) mass is 217 g/mol. The summed E-state index contributed by atoms with van der Waals surface area (Å²) in [5.41, 5.74) is 0. The minimum atomic E-state index is 0.258. The van der Waals surface area contributed by atoms with Crippen LogP contribution in [0.25, 0.3) is 0 Å². The molecule has 0 aliphatic heterocycles. The van der Waals surface area contributed by atoms with E-state index in [-0.39, 0.29) is 5.15 Å². The van der Waals surface area contributed by atoms with Crippen LogP contribution >= 0.6 is 23.2 Å². The summed E-state index contributed by atoms with van der Waals surface area (Å²) in [5.74, 6) is 0.468. The maximum Gasteiger partial charge on any atom is 0.166 e. The Morgan fingerprint density at radius 2 is 2.31 bits per heavy atom. The largest absolute Gasteiger partial charge is 0.334 e. The van der Waals surface area contributed by atoms with E-state index in [4.69, 9.17) is 23.2 Å². The Morgan fingerprint density at radius 3 is 2.85 bits per heavy atom. The lowest BCUT2D eigenvalue weighted by molar-refractivity contribution is 0.742. The first-order chi connectivity index (χ1) is 6.27. The standard InChI is InChI=1S/C5H3Cl2N6/c6-4-5(7)13(2-8-4)1-3-9-11-12-10-3/h2H,1H2/q-1. The molecule has 0 spiro atoms. The average molecular weight is 218 g/mol. The molecule has 2 heterocycles. The maximum absolute atomic E-state index is 5.80. The van der Waals surface area contributed by atoms with E-state index in [9.17, 15) is 0 Å². The summed E-state index contributed by atoms with van der Waals surface area (Å²) >= 11 is 11.4. The van der Waals surface area contributed by atoms with Gasteiger partial charge in [0.2, 0.25) is 0 Å².